The van der Waals surface area contributed by atoms with E-state index >= 15 is 0 Å². The van der Waals surface area contributed by atoms with Gasteiger partial charge in [0.15, 0.2) is 0 Å². The Labute approximate surface area is 100 Å². The molecule has 0 amide bonds. The Morgan fingerprint density at radius 3 is 2.53 bits per heavy atom. The zero-order chi connectivity index (χ0) is 12.4. The van der Waals surface area contributed by atoms with E-state index in [4.69, 9.17) is 9.15 Å². The van der Waals surface area contributed by atoms with Gasteiger partial charge in [-0.05, 0) is 31.0 Å². The number of rotatable bonds is 3. The van der Waals surface area contributed by atoms with Crippen molar-refractivity contribution in [1.82, 2.24) is 0 Å². The average molecular weight is 232 g/mol. The van der Waals surface area contributed by atoms with Crippen LogP contribution in [0, 0.1) is 5.92 Å². The van der Waals surface area contributed by atoms with E-state index in [9.17, 15) is 4.79 Å². The van der Waals surface area contributed by atoms with Crippen LogP contribution < -0.4 is 10.4 Å². The van der Waals surface area contributed by atoms with Crippen molar-refractivity contribution >= 4 is 11.0 Å². The van der Waals surface area contributed by atoms with Gasteiger partial charge in [0.25, 0.3) is 0 Å². The van der Waals surface area contributed by atoms with Crippen LogP contribution in [0.5, 0.6) is 5.75 Å². The van der Waals surface area contributed by atoms with Crippen LogP contribution in [0.1, 0.15) is 20.8 Å². The largest absolute Gasteiger partial charge is 0.490 e. The fraction of sp³-hybridized carbons (Fsp3) is 0.357. The predicted molar refractivity (Wildman–Crippen MR) is 67.4 cm³/mol. The highest BCUT2D eigenvalue weighted by Crippen LogP contribution is 2.21. The molecule has 90 valence electrons. The van der Waals surface area contributed by atoms with Crippen molar-refractivity contribution in [3.8, 4) is 5.75 Å². The fourth-order valence-electron chi connectivity index (χ4n) is 1.47. The molecule has 1 aromatic carbocycles. The quantitative estimate of drug-likeness (QED) is 0.763. The molecule has 0 N–H and O–H groups in total. The maximum absolute atomic E-state index is 11.1. The van der Waals surface area contributed by atoms with Gasteiger partial charge in [0.1, 0.15) is 11.3 Å². The molecule has 17 heavy (non-hydrogen) atoms. The maximum atomic E-state index is 11.1. The normalized spacial score (nSPS) is 12.9. The van der Waals surface area contributed by atoms with Gasteiger partial charge in [0, 0.05) is 17.5 Å². The van der Waals surface area contributed by atoms with Gasteiger partial charge in [-0.1, -0.05) is 13.8 Å². The highest BCUT2D eigenvalue weighted by molar-refractivity contribution is 5.77. The molecule has 2 rings (SSSR count). The first-order chi connectivity index (χ1) is 8.06. The molecular weight excluding hydrogens is 216 g/mol. The van der Waals surface area contributed by atoms with Crippen molar-refractivity contribution in [3.05, 3.63) is 40.8 Å². The topological polar surface area (TPSA) is 39.4 Å². The van der Waals surface area contributed by atoms with Gasteiger partial charge >= 0.3 is 5.63 Å². The zero-order valence-corrected chi connectivity index (χ0v) is 10.3. The first kappa shape index (κ1) is 11.7. The number of fused-ring (bicyclic) bond motifs is 1. The standard InChI is InChI=1S/C14H16O3/c1-9(2)10(3)16-12-6-4-11-5-7-14(15)17-13(11)8-12/h4-10H,1-3H3. The van der Waals surface area contributed by atoms with Crippen molar-refractivity contribution in [2.24, 2.45) is 5.92 Å². The highest BCUT2D eigenvalue weighted by atomic mass is 16.5. The Balaban J connectivity index is 2.34. The first-order valence-electron chi connectivity index (χ1n) is 5.77. The van der Waals surface area contributed by atoms with E-state index in [0.717, 1.165) is 11.1 Å². The zero-order valence-electron chi connectivity index (χ0n) is 10.3. The second kappa shape index (κ2) is 4.62. The molecule has 0 radical (unpaired) electrons. The molecule has 0 aliphatic rings. The Kier molecular flexibility index (Phi) is 3.18. The van der Waals surface area contributed by atoms with Gasteiger partial charge < -0.3 is 9.15 Å². The molecule has 2 aromatic rings. The summed E-state index contributed by atoms with van der Waals surface area (Å²) in [7, 11) is 0. The highest BCUT2D eigenvalue weighted by Gasteiger charge is 2.09. The summed E-state index contributed by atoms with van der Waals surface area (Å²) in [5.41, 5.74) is 0.220. The fourth-order valence-corrected chi connectivity index (χ4v) is 1.47. The summed E-state index contributed by atoms with van der Waals surface area (Å²) in [5, 5.41) is 0.897. The van der Waals surface area contributed by atoms with Crippen LogP contribution in [0.4, 0.5) is 0 Å². The molecule has 1 aromatic heterocycles. The van der Waals surface area contributed by atoms with Crippen LogP contribution in [0.2, 0.25) is 0 Å². The van der Waals surface area contributed by atoms with Gasteiger partial charge in [0.05, 0.1) is 6.10 Å². The molecule has 0 aliphatic heterocycles. The summed E-state index contributed by atoms with van der Waals surface area (Å²) in [4.78, 5) is 11.1. The van der Waals surface area contributed by atoms with Crippen LogP contribution in [0.3, 0.4) is 0 Å². The van der Waals surface area contributed by atoms with E-state index < -0.39 is 0 Å². The summed E-state index contributed by atoms with van der Waals surface area (Å²) in [6, 6.07) is 8.70. The minimum absolute atomic E-state index is 0.128. The molecule has 0 fully saturated rings. The lowest BCUT2D eigenvalue weighted by atomic mass is 10.1. The lowest BCUT2D eigenvalue weighted by Crippen LogP contribution is -2.18. The van der Waals surface area contributed by atoms with Gasteiger partial charge in [-0.25, -0.2) is 4.79 Å². The van der Waals surface area contributed by atoms with Crippen molar-refractivity contribution in [1.29, 1.82) is 0 Å². The third-order valence-corrected chi connectivity index (χ3v) is 2.86. The van der Waals surface area contributed by atoms with E-state index in [2.05, 4.69) is 13.8 Å². The molecule has 1 atom stereocenters. The molecule has 3 heteroatoms. The lowest BCUT2D eigenvalue weighted by Gasteiger charge is -2.18. The summed E-state index contributed by atoms with van der Waals surface area (Å²) >= 11 is 0. The molecule has 0 saturated heterocycles. The maximum Gasteiger partial charge on any atom is 0.336 e. The Morgan fingerprint density at radius 1 is 1.12 bits per heavy atom. The van der Waals surface area contributed by atoms with E-state index in [0.29, 0.717) is 11.5 Å². The minimum Gasteiger partial charge on any atom is -0.490 e. The summed E-state index contributed by atoms with van der Waals surface area (Å²) in [6.07, 6.45) is 0.128. The third-order valence-electron chi connectivity index (χ3n) is 2.86. The molecule has 1 heterocycles. The minimum atomic E-state index is -0.341. The molecule has 0 aliphatic carbocycles. The Hall–Kier alpha value is -1.77. The summed E-state index contributed by atoms with van der Waals surface area (Å²) < 4.78 is 10.9. The van der Waals surface area contributed by atoms with Crippen LogP contribution in [0.25, 0.3) is 11.0 Å². The van der Waals surface area contributed by atoms with Crippen LogP contribution >= 0.6 is 0 Å². The Bertz CT molecular complexity index is 569. The van der Waals surface area contributed by atoms with Crippen LogP contribution in [-0.4, -0.2) is 6.10 Å². The van der Waals surface area contributed by atoms with Gasteiger partial charge in [0.2, 0.25) is 0 Å². The molecule has 1 unspecified atom stereocenters. The third kappa shape index (κ3) is 2.67. The lowest BCUT2D eigenvalue weighted by molar-refractivity contribution is 0.170. The molecule has 0 saturated carbocycles. The monoisotopic (exact) mass is 232 g/mol. The summed E-state index contributed by atoms with van der Waals surface area (Å²) in [6.45, 7) is 6.23. The first-order valence-corrected chi connectivity index (χ1v) is 5.77. The van der Waals surface area contributed by atoms with Crippen molar-refractivity contribution in [2.75, 3.05) is 0 Å². The van der Waals surface area contributed by atoms with Crippen molar-refractivity contribution in [3.63, 3.8) is 0 Å². The second-order valence-electron chi connectivity index (χ2n) is 4.52. The van der Waals surface area contributed by atoms with Crippen molar-refractivity contribution < 1.29 is 9.15 Å². The van der Waals surface area contributed by atoms with E-state index in [1.54, 1.807) is 12.1 Å². The molecule has 3 nitrogen and oxygen atoms in total. The van der Waals surface area contributed by atoms with Gasteiger partial charge in [-0.2, -0.15) is 0 Å². The molecular formula is C14H16O3. The molecule has 0 bridgehead atoms. The van der Waals surface area contributed by atoms with Gasteiger partial charge in [-0.3, -0.25) is 0 Å². The van der Waals surface area contributed by atoms with Crippen LogP contribution in [0.15, 0.2) is 39.5 Å². The molecule has 0 spiro atoms. The number of hydrogen-bond acceptors (Lipinski definition) is 3. The van der Waals surface area contributed by atoms with Crippen LogP contribution in [-0.2, 0) is 0 Å². The number of ether oxygens (including phenoxy) is 1. The van der Waals surface area contributed by atoms with E-state index in [1.807, 2.05) is 19.1 Å². The van der Waals surface area contributed by atoms with E-state index in [-0.39, 0.29) is 11.7 Å². The second-order valence-corrected chi connectivity index (χ2v) is 4.52. The van der Waals surface area contributed by atoms with Gasteiger partial charge in [-0.15, -0.1) is 0 Å². The van der Waals surface area contributed by atoms with Crippen molar-refractivity contribution in [2.45, 2.75) is 26.9 Å². The SMILES string of the molecule is CC(C)C(C)Oc1ccc2ccc(=O)oc2c1. The number of hydrogen-bond donors (Lipinski definition) is 0. The average Bonchev–Trinajstić information content (AvgIpc) is 2.28. The van der Waals surface area contributed by atoms with E-state index in [1.165, 1.54) is 6.07 Å². The summed E-state index contributed by atoms with van der Waals surface area (Å²) in [5.74, 6) is 1.17. The number of benzene rings is 1. The smallest absolute Gasteiger partial charge is 0.336 e. The predicted octanol–water partition coefficient (Wildman–Crippen LogP) is 3.22. The Morgan fingerprint density at radius 2 is 1.82 bits per heavy atom.